The van der Waals surface area contributed by atoms with Gasteiger partial charge in [-0.1, -0.05) is 18.9 Å². The Morgan fingerprint density at radius 2 is 1.93 bits per heavy atom. The first-order valence-corrected chi connectivity index (χ1v) is 11.8. The summed E-state index contributed by atoms with van der Waals surface area (Å²) in [7, 11) is 0. The van der Waals surface area contributed by atoms with E-state index in [1.807, 2.05) is 15.7 Å². The second-order valence-corrected chi connectivity index (χ2v) is 8.80. The van der Waals surface area contributed by atoms with Crippen molar-refractivity contribution < 1.29 is 9.53 Å². The van der Waals surface area contributed by atoms with Crippen LogP contribution in [0.4, 0.5) is 0 Å². The predicted molar refractivity (Wildman–Crippen MR) is 118 cm³/mol. The number of ether oxygens (including phenoxy) is 1. The van der Waals surface area contributed by atoms with Crippen LogP contribution in [0.2, 0.25) is 0 Å². The van der Waals surface area contributed by atoms with E-state index in [0.717, 1.165) is 84.6 Å². The topological polar surface area (TPSA) is 62.6 Å². The van der Waals surface area contributed by atoms with Gasteiger partial charge in [0.25, 0.3) is 5.91 Å². The Labute approximate surface area is 180 Å². The highest BCUT2D eigenvalue weighted by Gasteiger charge is 2.31. The Morgan fingerprint density at radius 1 is 1.17 bits per heavy atom. The van der Waals surface area contributed by atoms with Gasteiger partial charge in [0, 0.05) is 56.6 Å². The fourth-order valence-corrected chi connectivity index (χ4v) is 4.98. The van der Waals surface area contributed by atoms with Crippen LogP contribution in [0.3, 0.4) is 0 Å². The molecule has 0 saturated carbocycles. The van der Waals surface area contributed by atoms with Gasteiger partial charge in [-0.05, 0) is 32.1 Å². The van der Waals surface area contributed by atoms with Crippen LogP contribution < -0.4 is 5.32 Å². The lowest BCUT2D eigenvalue weighted by molar-refractivity contribution is 0.0381. The fraction of sp³-hybridized carbons (Fsp3) is 0.739. The minimum absolute atomic E-state index is 0.130. The summed E-state index contributed by atoms with van der Waals surface area (Å²) in [6.07, 6.45) is 9.49. The van der Waals surface area contributed by atoms with Gasteiger partial charge in [0.1, 0.15) is 0 Å². The minimum Gasteiger partial charge on any atom is -0.379 e. The van der Waals surface area contributed by atoms with E-state index in [1.54, 1.807) is 0 Å². The van der Waals surface area contributed by atoms with Crippen LogP contribution in [-0.2, 0) is 24.1 Å². The van der Waals surface area contributed by atoms with E-state index in [1.165, 1.54) is 24.1 Å². The van der Waals surface area contributed by atoms with E-state index in [-0.39, 0.29) is 5.91 Å². The zero-order valence-electron chi connectivity index (χ0n) is 18.3. The van der Waals surface area contributed by atoms with Crippen LogP contribution in [0.5, 0.6) is 0 Å². The first kappa shape index (κ1) is 21.5. The number of aromatic nitrogens is 2. The number of carbonyl (C=O) groups excluding carboxylic acids is 1. The van der Waals surface area contributed by atoms with Crippen molar-refractivity contribution in [2.45, 2.75) is 57.5 Å². The van der Waals surface area contributed by atoms with E-state index in [0.29, 0.717) is 18.3 Å². The monoisotopic (exact) mass is 415 g/mol. The normalized spacial score (nSPS) is 23.1. The third-order valence-corrected chi connectivity index (χ3v) is 6.71. The Balaban J connectivity index is 1.42. The van der Waals surface area contributed by atoms with Gasteiger partial charge in [-0.2, -0.15) is 5.10 Å². The highest BCUT2D eigenvalue weighted by molar-refractivity contribution is 5.94. The number of amides is 1. The molecule has 0 radical (unpaired) electrons. The molecule has 7 heteroatoms. The fourth-order valence-electron chi connectivity index (χ4n) is 4.98. The maximum atomic E-state index is 13.4. The molecule has 30 heavy (non-hydrogen) atoms. The summed E-state index contributed by atoms with van der Waals surface area (Å²) in [5, 5.41) is 8.52. The number of morpholine rings is 1. The van der Waals surface area contributed by atoms with Crippen molar-refractivity contribution in [1.29, 1.82) is 0 Å². The molecule has 2 fully saturated rings. The SMILES string of the molecule is C=CCn1nc(C(=O)N2CCCCCC2)c2c1CC[C@H](NCCN1CCOCC1)C2. The van der Waals surface area contributed by atoms with Crippen LogP contribution in [0.25, 0.3) is 0 Å². The quantitative estimate of drug-likeness (QED) is 0.689. The van der Waals surface area contributed by atoms with Gasteiger partial charge in [-0.3, -0.25) is 14.4 Å². The molecule has 0 bridgehead atoms. The number of nitrogens with one attached hydrogen (secondary N) is 1. The van der Waals surface area contributed by atoms with E-state index in [2.05, 4.69) is 16.8 Å². The average Bonchev–Trinajstić information content (AvgIpc) is 2.93. The molecule has 2 saturated heterocycles. The van der Waals surface area contributed by atoms with Gasteiger partial charge in [0.05, 0.1) is 19.8 Å². The molecule has 1 amide bonds. The zero-order valence-corrected chi connectivity index (χ0v) is 18.3. The Hall–Kier alpha value is -1.70. The third kappa shape index (κ3) is 5.13. The maximum absolute atomic E-state index is 13.4. The molecule has 1 aromatic rings. The van der Waals surface area contributed by atoms with Gasteiger partial charge < -0.3 is 15.0 Å². The lowest BCUT2D eigenvalue weighted by Crippen LogP contribution is -2.43. The molecule has 0 unspecified atom stereocenters. The second kappa shape index (κ2) is 10.6. The number of fused-ring (bicyclic) bond motifs is 1. The summed E-state index contributed by atoms with van der Waals surface area (Å²) in [5.74, 6) is 0.130. The van der Waals surface area contributed by atoms with Crippen molar-refractivity contribution >= 4 is 5.91 Å². The summed E-state index contributed by atoms with van der Waals surface area (Å²) in [6, 6.07) is 0.413. The van der Waals surface area contributed by atoms with Crippen molar-refractivity contribution in [2.75, 3.05) is 52.5 Å². The zero-order chi connectivity index (χ0) is 20.8. The lowest BCUT2D eigenvalue weighted by atomic mass is 9.91. The van der Waals surface area contributed by atoms with Gasteiger partial charge in [-0.15, -0.1) is 6.58 Å². The first-order valence-electron chi connectivity index (χ1n) is 11.8. The molecule has 4 rings (SSSR count). The summed E-state index contributed by atoms with van der Waals surface area (Å²) in [5.41, 5.74) is 3.09. The van der Waals surface area contributed by atoms with Gasteiger partial charge in [0.2, 0.25) is 0 Å². The number of allylic oxidation sites excluding steroid dienone is 1. The van der Waals surface area contributed by atoms with Crippen LogP contribution in [0.15, 0.2) is 12.7 Å². The summed E-state index contributed by atoms with van der Waals surface area (Å²) < 4.78 is 7.45. The molecule has 3 aliphatic rings. The first-order chi connectivity index (χ1) is 14.8. The van der Waals surface area contributed by atoms with E-state index >= 15 is 0 Å². The van der Waals surface area contributed by atoms with Crippen molar-refractivity contribution in [3.63, 3.8) is 0 Å². The minimum atomic E-state index is 0.130. The molecule has 2 aliphatic heterocycles. The molecule has 1 atom stereocenters. The Morgan fingerprint density at radius 3 is 2.67 bits per heavy atom. The Kier molecular flexibility index (Phi) is 7.57. The molecule has 1 aliphatic carbocycles. The molecule has 3 heterocycles. The molecule has 0 spiro atoms. The summed E-state index contributed by atoms with van der Waals surface area (Å²) in [6.45, 7) is 12.1. The van der Waals surface area contributed by atoms with Gasteiger partial charge in [0.15, 0.2) is 5.69 Å². The number of rotatable bonds is 7. The average molecular weight is 416 g/mol. The largest absolute Gasteiger partial charge is 0.379 e. The van der Waals surface area contributed by atoms with Crippen LogP contribution >= 0.6 is 0 Å². The van der Waals surface area contributed by atoms with Crippen LogP contribution in [-0.4, -0.2) is 84.0 Å². The molecular weight excluding hydrogens is 378 g/mol. The van der Waals surface area contributed by atoms with E-state index in [9.17, 15) is 4.79 Å². The smallest absolute Gasteiger partial charge is 0.274 e. The number of likely N-dealkylation sites (tertiary alicyclic amines) is 1. The predicted octanol–water partition coefficient (Wildman–Crippen LogP) is 1.86. The number of nitrogens with zero attached hydrogens (tertiary/aromatic N) is 4. The number of hydrogen-bond acceptors (Lipinski definition) is 5. The summed E-state index contributed by atoms with van der Waals surface area (Å²) >= 11 is 0. The van der Waals surface area contributed by atoms with Gasteiger partial charge >= 0.3 is 0 Å². The molecule has 0 aromatic carbocycles. The second-order valence-electron chi connectivity index (χ2n) is 8.80. The summed E-state index contributed by atoms with van der Waals surface area (Å²) in [4.78, 5) is 17.8. The van der Waals surface area contributed by atoms with E-state index < -0.39 is 0 Å². The number of hydrogen-bond donors (Lipinski definition) is 1. The lowest BCUT2D eigenvalue weighted by Gasteiger charge is -2.29. The molecule has 166 valence electrons. The van der Waals surface area contributed by atoms with Crippen molar-refractivity contribution in [3.05, 3.63) is 29.6 Å². The van der Waals surface area contributed by atoms with Crippen LogP contribution in [0.1, 0.15) is 53.8 Å². The van der Waals surface area contributed by atoms with Crippen LogP contribution in [0, 0.1) is 0 Å². The number of carbonyl (C=O) groups is 1. The van der Waals surface area contributed by atoms with Gasteiger partial charge in [-0.25, -0.2) is 0 Å². The molecule has 1 N–H and O–H groups in total. The maximum Gasteiger partial charge on any atom is 0.274 e. The van der Waals surface area contributed by atoms with Crippen molar-refractivity contribution in [1.82, 2.24) is 24.9 Å². The molecule has 7 nitrogen and oxygen atoms in total. The standard InChI is InChI=1S/C23H37N5O2/c1-2-10-28-21-8-7-19(24-9-13-26-14-16-30-17-15-26)18-20(21)22(25-28)23(29)27-11-5-3-4-6-12-27/h2,19,24H,1,3-18H2/t19-/m0/s1. The van der Waals surface area contributed by atoms with E-state index in [4.69, 9.17) is 9.84 Å². The molecular formula is C23H37N5O2. The van der Waals surface area contributed by atoms with Crippen molar-refractivity contribution in [2.24, 2.45) is 0 Å². The highest BCUT2D eigenvalue weighted by Crippen LogP contribution is 2.27. The van der Waals surface area contributed by atoms with Crippen molar-refractivity contribution in [3.8, 4) is 0 Å². The third-order valence-electron chi connectivity index (χ3n) is 6.71. The Bertz CT molecular complexity index is 717. The molecule has 1 aromatic heterocycles. The highest BCUT2D eigenvalue weighted by atomic mass is 16.5.